The summed E-state index contributed by atoms with van der Waals surface area (Å²) in [5.41, 5.74) is 5.37. The molecule has 2 heterocycles. The first kappa shape index (κ1) is 27.8. The van der Waals surface area contributed by atoms with Gasteiger partial charge in [0.2, 0.25) is 6.79 Å². The maximum absolute atomic E-state index is 13.8. The minimum absolute atomic E-state index is 0.0197. The molecule has 214 valence electrons. The van der Waals surface area contributed by atoms with Gasteiger partial charge >= 0.3 is 5.97 Å². The maximum atomic E-state index is 13.8. The van der Waals surface area contributed by atoms with E-state index in [-0.39, 0.29) is 18.1 Å². The van der Waals surface area contributed by atoms with Gasteiger partial charge in [-0.05, 0) is 77.3 Å². The monoisotopic (exact) mass is 582 g/mol. The number of anilines is 1. The van der Waals surface area contributed by atoms with Gasteiger partial charge in [0.15, 0.2) is 18.1 Å². The Morgan fingerprint density at radius 3 is 2.57 bits per heavy atom. The molecule has 8 heteroatoms. The summed E-state index contributed by atoms with van der Waals surface area (Å²) in [6.07, 6.45) is 3.61. The summed E-state index contributed by atoms with van der Waals surface area (Å²) < 4.78 is 16.3. The summed E-state index contributed by atoms with van der Waals surface area (Å²) in [7, 11) is 0. The van der Waals surface area contributed by atoms with E-state index in [0.717, 1.165) is 28.8 Å². The van der Waals surface area contributed by atoms with Gasteiger partial charge in [0, 0.05) is 22.2 Å². The highest BCUT2D eigenvalue weighted by molar-refractivity contribution is 6.30. The molecule has 1 amide bonds. The van der Waals surface area contributed by atoms with Crippen LogP contribution in [0.5, 0.6) is 11.5 Å². The van der Waals surface area contributed by atoms with E-state index in [1.807, 2.05) is 48.5 Å². The van der Waals surface area contributed by atoms with Crippen molar-refractivity contribution in [2.75, 3.05) is 18.7 Å². The van der Waals surface area contributed by atoms with Crippen LogP contribution in [0.25, 0.3) is 22.6 Å². The Morgan fingerprint density at radius 2 is 1.79 bits per heavy atom. The van der Waals surface area contributed by atoms with E-state index in [0.29, 0.717) is 45.1 Å². The van der Waals surface area contributed by atoms with E-state index in [1.165, 1.54) is 0 Å². The molecule has 1 unspecified atom stereocenters. The highest BCUT2D eigenvalue weighted by Crippen LogP contribution is 2.45. The number of hydrogen-bond donors (Lipinski definition) is 1. The molecule has 6 rings (SSSR count). The Hall–Kier alpha value is -4.36. The standard InChI is InChI=1S/C34H31ClN2O5/c1-34(2,3)22-15-21(14-20-8-10-23(35)11-9-20)32-26(16-22)31(25-6-4-5-7-27(25)37-32)33(39)40-18-30(38)36-24-12-13-28-29(17-24)42-19-41-28/h4-14,17,22H,15-16,18-19H2,1-3H3,(H,36,38)/b21-14-. The molecule has 1 aromatic heterocycles. The molecule has 1 aliphatic heterocycles. The van der Waals surface area contributed by atoms with Crippen molar-refractivity contribution in [3.05, 3.63) is 94.1 Å². The lowest BCUT2D eigenvalue weighted by Gasteiger charge is -2.36. The Kier molecular flexibility index (Phi) is 7.37. The molecule has 0 radical (unpaired) electrons. The molecule has 0 bridgehead atoms. The first-order chi connectivity index (χ1) is 20.2. The van der Waals surface area contributed by atoms with Crippen molar-refractivity contribution in [2.24, 2.45) is 11.3 Å². The van der Waals surface area contributed by atoms with Gasteiger partial charge in [-0.25, -0.2) is 9.78 Å². The van der Waals surface area contributed by atoms with E-state index in [9.17, 15) is 9.59 Å². The van der Waals surface area contributed by atoms with Gasteiger partial charge in [-0.1, -0.05) is 62.7 Å². The third-order valence-electron chi connectivity index (χ3n) is 7.84. The van der Waals surface area contributed by atoms with Crippen LogP contribution in [-0.4, -0.2) is 30.3 Å². The van der Waals surface area contributed by atoms with Crippen LogP contribution >= 0.6 is 11.6 Å². The molecule has 2 aliphatic rings. The number of rotatable bonds is 5. The zero-order valence-electron chi connectivity index (χ0n) is 23.7. The largest absolute Gasteiger partial charge is 0.454 e. The second kappa shape index (κ2) is 11.1. The van der Waals surface area contributed by atoms with Crippen LogP contribution < -0.4 is 14.8 Å². The molecular formula is C34H31ClN2O5. The molecule has 1 N–H and O–H groups in total. The predicted octanol–water partition coefficient (Wildman–Crippen LogP) is 7.56. The lowest BCUT2D eigenvalue weighted by molar-refractivity contribution is -0.119. The fourth-order valence-corrected chi connectivity index (χ4v) is 5.63. The number of nitrogens with zero attached hydrogens (tertiary/aromatic N) is 1. The average Bonchev–Trinajstić information content (AvgIpc) is 3.43. The smallest absolute Gasteiger partial charge is 0.339 e. The van der Waals surface area contributed by atoms with Crippen LogP contribution in [-0.2, 0) is 16.0 Å². The number of para-hydroxylation sites is 1. The zero-order valence-corrected chi connectivity index (χ0v) is 24.5. The minimum Gasteiger partial charge on any atom is -0.454 e. The molecule has 4 aromatic rings. The number of carbonyl (C=O) groups excluding carboxylic acids is 2. The fraction of sp³-hybridized carbons (Fsp3) is 0.265. The normalized spacial score (nSPS) is 16.8. The summed E-state index contributed by atoms with van der Waals surface area (Å²) in [5.74, 6) is 0.422. The minimum atomic E-state index is -0.550. The number of fused-ring (bicyclic) bond motifs is 3. The van der Waals surface area contributed by atoms with Gasteiger partial charge in [-0.2, -0.15) is 0 Å². The van der Waals surface area contributed by atoms with E-state index < -0.39 is 18.5 Å². The summed E-state index contributed by atoms with van der Waals surface area (Å²) in [6, 6.07) is 20.4. The fourth-order valence-electron chi connectivity index (χ4n) is 5.50. The maximum Gasteiger partial charge on any atom is 0.339 e. The van der Waals surface area contributed by atoms with Gasteiger partial charge < -0.3 is 19.5 Å². The number of pyridine rings is 1. The first-order valence-electron chi connectivity index (χ1n) is 13.9. The van der Waals surface area contributed by atoms with Crippen LogP contribution in [0.4, 0.5) is 5.69 Å². The lowest BCUT2D eigenvalue weighted by Crippen LogP contribution is -2.29. The number of benzene rings is 3. The summed E-state index contributed by atoms with van der Waals surface area (Å²) in [4.78, 5) is 31.6. The quantitative estimate of drug-likeness (QED) is 0.244. The van der Waals surface area contributed by atoms with E-state index in [1.54, 1.807) is 18.2 Å². The van der Waals surface area contributed by atoms with Crippen molar-refractivity contribution in [1.82, 2.24) is 4.98 Å². The summed E-state index contributed by atoms with van der Waals surface area (Å²) in [6.45, 7) is 6.36. The van der Waals surface area contributed by atoms with Gasteiger partial charge in [0.25, 0.3) is 5.91 Å². The van der Waals surface area contributed by atoms with Crippen molar-refractivity contribution in [1.29, 1.82) is 0 Å². The summed E-state index contributed by atoms with van der Waals surface area (Å²) in [5, 5.41) is 4.14. The molecule has 0 saturated carbocycles. The average molecular weight is 583 g/mol. The molecule has 1 aliphatic carbocycles. The number of amides is 1. The first-order valence-corrected chi connectivity index (χ1v) is 14.3. The zero-order chi connectivity index (χ0) is 29.4. The summed E-state index contributed by atoms with van der Waals surface area (Å²) >= 11 is 6.14. The van der Waals surface area contributed by atoms with E-state index in [2.05, 4.69) is 32.2 Å². The van der Waals surface area contributed by atoms with Crippen LogP contribution in [0, 0.1) is 11.3 Å². The van der Waals surface area contributed by atoms with Crippen LogP contribution in [0.15, 0.2) is 66.7 Å². The Balaban J connectivity index is 1.34. The second-order valence-electron chi connectivity index (χ2n) is 11.7. The number of hydrogen-bond acceptors (Lipinski definition) is 6. The van der Waals surface area contributed by atoms with Crippen molar-refractivity contribution >= 4 is 51.7 Å². The second-order valence-corrected chi connectivity index (χ2v) is 12.2. The predicted molar refractivity (Wildman–Crippen MR) is 164 cm³/mol. The van der Waals surface area contributed by atoms with Crippen molar-refractivity contribution in [2.45, 2.75) is 33.6 Å². The molecule has 42 heavy (non-hydrogen) atoms. The van der Waals surface area contributed by atoms with Gasteiger partial charge in [-0.15, -0.1) is 0 Å². The van der Waals surface area contributed by atoms with E-state index >= 15 is 0 Å². The van der Waals surface area contributed by atoms with Crippen molar-refractivity contribution < 1.29 is 23.8 Å². The van der Waals surface area contributed by atoms with Crippen molar-refractivity contribution in [3.8, 4) is 11.5 Å². The molecule has 3 aromatic carbocycles. The van der Waals surface area contributed by atoms with Gasteiger partial charge in [0.05, 0.1) is 16.8 Å². The molecule has 0 fully saturated rings. The Labute approximate surface area is 249 Å². The van der Waals surface area contributed by atoms with Gasteiger partial charge in [0.1, 0.15) is 0 Å². The molecule has 0 spiro atoms. The SMILES string of the molecule is CC(C)(C)C1C/C(=C/c2ccc(Cl)cc2)c2nc3ccccc3c(C(=O)OCC(=O)Nc3ccc4c(c3)OCO4)c2C1. The third-order valence-corrected chi connectivity index (χ3v) is 8.10. The Morgan fingerprint density at radius 1 is 1.02 bits per heavy atom. The number of halogens is 1. The number of nitrogens with one attached hydrogen (secondary N) is 1. The number of carbonyl (C=O) groups is 2. The third kappa shape index (κ3) is 5.70. The number of esters is 1. The number of ether oxygens (including phenoxy) is 3. The Bertz CT molecular complexity index is 1720. The lowest BCUT2D eigenvalue weighted by atomic mass is 9.69. The van der Waals surface area contributed by atoms with Crippen molar-refractivity contribution in [3.63, 3.8) is 0 Å². The number of allylic oxidation sites excluding steroid dienone is 1. The molecule has 0 saturated heterocycles. The van der Waals surface area contributed by atoms with Crippen LogP contribution in [0.3, 0.4) is 0 Å². The van der Waals surface area contributed by atoms with E-state index in [4.69, 9.17) is 30.8 Å². The topological polar surface area (TPSA) is 86.8 Å². The number of aromatic nitrogens is 1. The highest BCUT2D eigenvalue weighted by Gasteiger charge is 2.35. The van der Waals surface area contributed by atoms with Crippen LogP contribution in [0.1, 0.15) is 54.4 Å². The molecule has 7 nitrogen and oxygen atoms in total. The van der Waals surface area contributed by atoms with Crippen LogP contribution in [0.2, 0.25) is 5.02 Å². The highest BCUT2D eigenvalue weighted by atomic mass is 35.5. The van der Waals surface area contributed by atoms with Gasteiger partial charge in [-0.3, -0.25) is 4.79 Å². The molecule has 1 atom stereocenters. The molecular weight excluding hydrogens is 552 g/mol.